The van der Waals surface area contributed by atoms with Gasteiger partial charge in [-0.2, -0.15) is 0 Å². The summed E-state index contributed by atoms with van der Waals surface area (Å²) in [6.45, 7) is 6.31. The van der Waals surface area contributed by atoms with Crippen LogP contribution in [0.15, 0.2) is 30.0 Å². The number of thiazole rings is 1. The van der Waals surface area contributed by atoms with Gasteiger partial charge in [0.25, 0.3) is 0 Å². The molecule has 0 fully saturated rings. The van der Waals surface area contributed by atoms with Crippen molar-refractivity contribution in [1.29, 1.82) is 0 Å². The van der Waals surface area contributed by atoms with E-state index in [1.165, 1.54) is 0 Å². The first-order valence-electron chi connectivity index (χ1n) is 5.18. The summed E-state index contributed by atoms with van der Waals surface area (Å²) < 4.78 is 0. The van der Waals surface area contributed by atoms with E-state index in [9.17, 15) is 0 Å². The first-order valence-corrected chi connectivity index (χ1v) is 6.06. The van der Waals surface area contributed by atoms with E-state index in [1.807, 2.05) is 30.8 Å². The zero-order valence-corrected chi connectivity index (χ0v) is 10.5. The van der Waals surface area contributed by atoms with Crippen molar-refractivity contribution >= 4 is 17.0 Å². The Labute approximate surface area is 99.6 Å². The zero-order chi connectivity index (χ0) is 11.6. The third-order valence-electron chi connectivity index (χ3n) is 2.43. The summed E-state index contributed by atoms with van der Waals surface area (Å²) in [5.74, 6) is 0. The van der Waals surface area contributed by atoms with E-state index in [2.05, 4.69) is 29.1 Å². The van der Waals surface area contributed by atoms with E-state index < -0.39 is 0 Å². The first kappa shape index (κ1) is 11.1. The van der Waals surface area contributed by atoms with Crippen molar-refractivity contribution in [3.8, 4) is 0 Å². The highest BCUT2D eigenvalue weighted by molar-refractivity contribution is 7.09. The minimum Gasteiger partial charge on any atom is -0.373 e. The van der Waals surface area contributed by atoms with Crippen molar-refractivity contribution in [3.05, 3.63) is 40.6 Å². The van der Waals surface area contributed by atoms with Crippen LogP contribution in [0.4, 0.5) is 5.69 Å². The summed E-state index contributed by atoms with van der Waals surface area (Å²) in [4.78, 5) is 8.44. The largest absolute Gasteiger partial charge is 0.373 e. The number of nitrogens with one attached hydrogen (secondary N) is 1. The summed E-state index contributed by atoms with van der Waals surface area (Å²) in [5, 5.41) is 6.58. The SMILES string of the molecule is Cc1cnccc1NC(C)(C)c1nccs1. The highest BCUT2D eigenvalue weighted by Crippen LogP contribution is 2.28. The van der Waals surface area contributed by atoms with Crippen LogP contribution in [0, 0.1) is 6.92 Å². The molecule has 0 atom stereocenters. The fraction of sp³-hybridized carbons (Fsp3) is 0.333. The lowest BCUT2D eigenvalue weighted by Crippen LogP contribution is -2.28. The van der Waals surface area contributed by atoms with Crippen molar-refractivity contribution in [2.24, 2.45) is 0 Å². The predicted octanol–water partition coefficient (Wildman–Crippen LogP) is 3.19. The second kappa shape index (κ2) is 4.22. The highest BCUT2D eigenvalue weighted by atomic mass is 32.1. The van der Waals surface area contributed by atoms with Gasteiger partial charge >= 0.3 is 0 Å². The van der Waals surface area contributed by atoms with Gasteiger partial charge in [-0.3, -0.25) is 4.98 Å². The smallest absolute Gasteiger partial charge is 0.117 e. The third kappa shape index (κ3) is 2.22. The Bertz CT molecular complexity index is 463. The minimum atomic E-state index is -0.153. The Hall–Kier alpha value is -1.42. The molecular weight excluding hydrogens is 218 g/mol. The number of aryl methyl sites for hydroxylation is 1. The van der Waals surface area contributed by atoms with Crippen LogP contribution in [0.25, 0.3) is 0 Å². The molecule has 84 valence electrons. The Morgan fingerprint density at radius 3 is 2.75 bits per heavy atom. The lowest BCUT2D eigenvalue weighted by molar-refractivity contribution is 0.603. The van der Waals surface area contributed by atoms with Crippen LogP contribution < -0.4 is 5.32 Å². The Kier molecular flexibility index (Phi) is 2.92. The number of pyridine rings is 1. The molecule has 0 saturated carbocycles. The molecular formula is C12H15N3S. The van der Waals surface area contributed by atoms with Crippen LogP contribution in [-0.4, -0.2) is 9.97 Å². The Morgan fingerprint density at radius 1 is 1.31 bits per heavy atom. The van der Waals surface area contributed by atoms with Crippen molar-refractivity contribution in [2.45, 2.75) is 26.3 Å². The van der Waals surface area contributed by atoms with Gasteiger partial charge in [0.15, 0.2) is 0 Å². The molecule has 0 radical (unpaired) electrons. The molecule has 0 aliphatic rings. The van der Waals surface area contributed by atoms with E-state index in [4.69, 9.17) is 0 Å². The summed E-state index contributed by atoms with van der Waals surface area (Å²) in [6, 6.07) is 1.99. The first-order chi connectivity index (χ1) is 7.59. The molecule has 0 aliphatic carbocycles. The van der Waals surface area contributed by atoms with Crippen LogP contribution in [0.5, 0.6) is 0 Å². The van der Waals surface area contributed by atoms with E-state index in [0.29, 0.717) is 0 Å². The van der Waals surface area contributed by atoms with Crippen molar-refractivity contribution in [3.63, 3.8) is 0 Å². The van der Waals surface area contributed by atoms with E-state index in [0.717, 1.165) is 16.3 Å². The van der Waals surface area contributed by atoms with Gasteiger partial charge in [0.2, 0.25) is 0 Å². The predicted molar refractivity (Wildman–Crippen MR) is 67.7 cm³/mol. The summed E-state index contributed by atoms with van der Waals surface area (Å²) in [7, 11) is 0. The molecule has 4 heteroatoms. The molecule has 0 aliphatic heterocycles. The second-order valence-electron chi connectivity index (χ2n) is 4.28. The fourth-order valence-corrected chi connectivity index (χ4v) is 2.25. The van der Waals surface area contributed by atoms with E-state index >= 15 is 0 Å². The summed E-state index contributed by atoms with van der Waals surface area (Å²) >= 11 is 1.67. The quantitative estimate of drug-likeness (QED) is 0.884. The molecule has 0 spiro atoms. The normalized spacial score (nSPS) is 11.4. The van der Waals surface area contributed by atoms with Crippen LogP contribution in [0.2, 0.25) is 0 Å². The van der Waals surface area contributed by atoms with Crippen molar-refractivity contribution in [2.75, 3.05) is 5.32 Å². The van der Waals surface area contributed by atoms with Gasteiger partial charge in [0.05, 0.1) is 5.54 Å². The van der Waals surface area contributed by atoms with Crippen LogP contribution in [0.1, 0.15) is 24.4 Å². The number of hydrogen-bond acceptors (Lipinski definition) is 4. The van der Waals surface area contributed by atoms with Gasteiger partial charge in [-0.05, 0) is 32.4 Å². The minimum absolute atomic E-state index is 0.153. The van der Waals surface area contributed by atoms with E-state index in [1.54, 1.807) is 17.5 Å². The van der Waals surface area contributed by atoms with Gasteiger partial charge in [-0.25, -0.2) is 4.98 Å². The monoisotopic (exact) mass is 233 g/mol. The molecule has 16 heavy (non-hydrogen) atoms. The number of nitrogens with zero attached hydrogens (tertiary/aromatic N) is 2. The lowest BCUT2D eigenvalue weighted by Gasteiger charge is -2.26. The maximum absolute atomic E-state index is 4.35. The molecule has 2 rings (SSSR count). The molecule has 2 aromatic rings. The van der Waals surface area contributed by atoms with Crippen molar-refractivity contribution in [1.82, 2.24) is 9.97 Å². The lowest BCUT2D eigenvalue weighted by atomic mass is 10.1. The summed E-state index contributed by atoms with van der Waals surface area (Å²) in [6.07, 6.45) is 5.50. The van der Waals surface area contributed by atoms with Gasteiger partial charge in [0.1, 0.15) is 5.01 Å². The molecule has 0 saturated heterocycles. The average molecular weight is 233 g/mol. The van der Waals surface area contributed by atoms with Crippen LogP contribution in [0.3, 0.4) is 0 Å². The molecule has 0 unspecified atom stereocenters. The molecule has 0 bridgehead atoms. The van der Waals surface area contributed by atoms with Gasteiger partial charge in [0, 0.05) is 29.7 Å². The molecule has 2 aromatic heterocycles. The van der Waals surface area contributed by atoms with Crippen molar-refractivity contribution < 1.29 is 0 Å². The second-order valence-corrected chi connectivity index (χ2v) is 5.17. The molecule has 0 aromatic carbocycles. The average Bonchev–Trinajstić information content (AvgIpc) is 2.75. The third-order valence-corrected chi connectivity index (χ3v) is 3.53. The van der Waals surface area contributed by atoms with Gasteiger partial charge in [-0.1, -0.05) is 0 Å². The maximum atomic E-state index is 4.35. The van der Waals surface area contributed by atoms with Crippen LogP contribution >= 0.6 is 11.3 Å². The topological polar surface area (TPSA) is 37.8 Å². The molecule has 3 nitrogen and oxygen atoms in total. The maximum Gasteiger partial charge on any atom is 0.117 e. The highest BCUT2D eigenvalue weighted by Gasteiger charge is 2.23. The molecule has 2 heterocycles. The molecule has 0 amide bonds. The molecule has 1 N–H and O–H groups in total. The van der Waals surface area contributed by atoms with Crippen LogP contribution in [-0.2, 0) is 5.54 Å². The number of anilines is 1. The fourth-order valence-electron chi connectivity index (χ4n) is 1.54. The van der Waals surface area contributed by atoms with E-state index in [-0.39, 0.29) is 5.54 Å². The Morgan fingerprint density at radius 2 is 2.12 bits per heavy atom. The number of hydrogen-bond donors (Lipinski definition) is 1. The zero-order valence-electron chi connectivity index (χ0n) is 9.69. The van der Waals surface area contributed by atoms with Gasteiger partial charge in [-0.15, -0.1) is 11.3 Å². The number of rotatable bonds is 3. The summed E-state index contributed by atoms with van der Waals surface area (Å²) in [5.41, 5.74) is 2.10. The number of aromatic nitrogens is 2. The Balaban J connectivity index is 2.25. The van der Waals surface area contributed by atoms with Gasteiger partial charge < -0.3 is 5.32 Å². The standard InChI is InChI=1S/C12H15N3S/c1-9-8-13-5-4-10(9)15-12(2,3)11-14-6-7-16-11/h4-8H,1-3H3,(H,13,15).